The summed E-state index contributed by atoms with van der Waals surface area (Å²) >= 11 is 0. The highest BCUT2D eigenvalue weighted by Gasteiger charge is 2.19. The molecule has 6 rings (SSSR count). The van der Waals surface area contributed by atoms with Crippen molar-refractivity contribution in [1.82, 2.24) is 19.1 Å². The van der Waals surface area contributed by atoms with E-state index in [1.807, 2.05) is 48.5 Å². The lowest BCUT2D eigenvalue weighted by Gasteiger charge is -2.15. The fourth-order valence-electron chi connectivity index (χ4n) is 5.56. The predicted octanol–water partition coefficient (Wildman–Crippen LogP) is 7.26. The largest absolute Gasteiger partial charge is 0.478 e. The first-order valence-corrected chi connectivity index (χ1v) is 13.3. The number of para-hydroxylation sites is 2. The van der Waals surface area contributed by atoms with Gasteiger partial charge in [-0.25, -0.2) is 14.8 Å². The number of imidazole rings is 2. The van der Waals surface area contributed by atoms with Crippen molar-refractivity contribution in [3.05, 3.63) is 107 Å². The number of rotatable bonds is 7. The van der Waals surface area contributed by atoms with Crippen LogP contribution in [0.15, 0.2) is 84.9 Å². The molecule has 2 heterocycles. The van der Waals surface area contributed by atoms with Gasteiger partial charge in [0.15, 0.2) is 0 Å². The minimum Gasteiger partial charge on any atom is -0.478 e. The molecule has 6 nitrogen and oxygen atoms in total. The number of carboxylic acids is 1. The lowest BCUT2D eigenvalue weighted by molar-refractivity contribution is 0.0697. The Morgan fingerprint density at radius 2 is 1.59 bits per heavy atom. The summed E-state index contributed by atoms with van der Waals surface area (Å²) in [6.07, 6.45) is 1.83. The molecule has 0 aliphatic carbocycles. The third-order valence-electron chi connectivity index (χ3n) is 7.44. The van der Waals surface area contributed by atoms with Crippen LogP contribution >= 0.6 is 0 Å². The SMILES string of the molecule is CCCc1nc2c(C)cc(-c3nc4ccccc4n3C)cc2n1Cc1ccccc1-c1ccccc1C(=O)O. The van der Waals surface area contributed by atoms with Gasteiger partial charge in [0.05, 0.1) is 27.6 Å². The fraction of sp³-hybridized carbons (Fsp3) is 0.182. The van der Waals surface area contributed by atoms with Gasteiger partial charge in [-0.15, -0.1) is 0 Å². The maximum absolute atomic E-state index is 12.0. The molecule has 0 unspecified atom stereocenters. The van der Waals surface area contributed by atoms with Gasteiger partial charge in [-0.05, 0) is 65.9 Å². The zero-order valence-corrected chi connectivity index (χ0v) is 22.3. The average Bonchev–Trinajstić information content (AvgIpc) is 3.47. The van der Waals surface area contributed by atoms with Crippen LogP contribution in [-0.2, 0) is 20.0 Å². The molecule has 0 saturated heterocycles. The van der Waals surface area contributed by atoms with E-state index in [1.54, 1.807) is 12.1 Å². The molecule has 6 aromatic rings. The van der Waals surface area contributed by atoms with Gasteiger partial charge in [0, 0.05) is 25.6 Å². The molecule has 194 valence electrons. The Balaban J connectivity index is 1.53. The monoisotopic (exact) mass is 514 g/mol. The zero-order valence-electron chi connectivity index (χ0n) is 22.3. The third kappa shape index (κ3) is 4.28. The van der Waals surface area contributed by atoms with Gasteiger partial charge in [0.25, 0.3) is 0 Å². The number of aryl methyl sites for hydroxylation is 3. The molecule has 6 heteroatoms. The number of aromatic nitrogens is 4. The molecule has 0 atom stereocenters. The third-order valence-corrected chi connectivity index (χ3v) is 7.44. The molecule has 0 spiro atoms. The van der Waals surface area contributed by atoms with Crippen LogP contribution in [0.25, 0.3) is 44.6 Å². The highest BCUT2D eigenvalue weighted by atomic mass is 16.4. The lowest BCUT2D eigenvalue weighted by atomic mass is 9.95. The van der Waals surface area contributed by atoms with Gasteiger partial charge in [0.1, 0.15) is 11.6 Å². The van der Waals surface area contributed by atoms with E-state index in [0.29, 0.717) is 12.1 Å². The van der Waals surface area contributed by atoms with E-state index in [4.69, 9.17) is 9.97 Å². The maximum Gasteiger partial charge on any atom is 0.336 e. The van der Waals surface area contributed by atoms with Gasteiger partial charge in [0.2, 0.25) is 0 Å². The first-order valence-electron chi connectivity index (χ1n) is 13.3. The molecule has 0 aliphatic rings. The number of carboxylic acid groups (broad SMARTS) is 1. The quantitative estimate of drug-likeness (QED) is 0.243. The number of aromatic carboxylic acids is 1. The van der Waals surface area contributed by atoms with Crippen LogP contribution in [0.3, 0.4) is 0 Å². The molecule has 0 saturated carbocycles. The lowest BCUT2D eigenvalue weighted by Crippen LogP contribution is -2.07. The Morgan fingerprint density at radius 1 is 0.872 bits per heavy atom. The first kappa shape index (κ1) is 24.6. The van der Waals surface area contributed by atoms with Gasteiger partial charge < -0.3 is 14.2 Å². The molecular weight excluding hydrogens is 484 g/mol. The summed E-state index contributed by atoms with van der Waals surface area (Å²) in [6.45, 7) is 4.86. The van der Waals surface area contributed by atoms with Crippen molar-refractivity contribution in [3.63, 3.8) is 0 Å². The molecule has 0 aliphatic heterocycles. The maximum atomic E-state index is 12.0. The Morgan fingerprint density at radius 3 is 2.36 bits per heavy atom. The van der Waals surface area contributed by atoms with Crippen LogP contribution in [-0.4, -0.2) is 30.2 Å². The van der Waals surface area contributed by atoms with Crippen LogP contribution in [0.4, 0.5) is 0 Å². The normalized spacial score (nSPS) is 11.5. The zero-order chi connectivity index (χ0) is 27.1. The van der Waals surface area contributed by atoms with Crippen molar-refractivity contribution in [3.8, 4) is 22.5 Å². The Labute approximate surface area is 227 Å². The smallest absolute Gasteiger partial charge is 0.336 e. The topological polar surface area (TPSA) is 72.9 Å². The predicted molar refractivity (Wildman–Crippen MR) is 156 cm³/mol. The van der Waals surface area contributed by atoms with E-state index in [2.05, 4.69) is 54.3 Å². The van der Waals surface area contributed by atoms with Gasteiger partial charge >= 0.3 is 5.97 Å². The summed E-state index contributed by atoms with van der Waals surface area (Å²) in [5.74, 6) is 1.02. The number of fused-ring (bicyclic) bond motifs is 2. The molecule has 0 bridgehead atoms. The summed E-state index contributed by atoms with van der Waals surface area (Å²) in [7, 11) is 2.06. The van der Waals surface area contributed by atoms with Crippen LogP contribution in [0.5, 0.6) is 0 Å². The molecule has 2 aromatic heterocycles. The van der Waals surface area contributed by atoms with E-state index < -0.39 is 5.97 Å². The van der Waals surface area contributed by atoms with Crippen molar-refractivity contribution in [2.45, 2.75) is 33.2 Å². The highest BCUT2D eigenvalue weighted by Crippen LogP contribution is 2.33. The number of hydrogen-bond acceptors (Lipinski definition) is 3. The molecular formula is C33H30N4O2. The minimum absolute atomic E-state index is 0.300. The molecule has 0 fully saturated rings. The Bertz CT molecular complexity index is 1860. The molecule has 0 radical (unpaired) electrons. The number of carbonyl (C=O) groups is 1. The number of benzene rings is 4. The van der Waals surface area contributed by atoms with Crippen molar-refractivity contribution in [2.24, 2.45) is 7.05 Å². The van der Waals surface area contributed by atoms with Crippen LogP contribution in [0, 0.1) is 6.92 Å². The number of hydrogen-bond donors (Lipinski definition) is 1. The summed E-state index contributed by atoms with van der Waals surface area (Å²) in [5.41, 5.74) is 9.26. The average molecular weight is 515 g/mol. The highest BCUT2D eigenvalue weighted by molar-refractivity contribution is 5.96. The summed E-state index contributed by atoms with van der Waals surface area (Å²) in [5, 5.41) is 9.85. The molecule has 39 heavy (non-hydrogen) atoms. The van der Waals surface area contributed by atoms with E-state index in [1.165, 1.54) is 0 Å². The van der Waals surface area contributed by atoms with Gasteiger partial charge in [-0.1, -0.05) is 61.5 Å². The molecule has 1 N–H and O–H groups in total. The van der Waals surface area contributed by atoms with Gasteiger partial charge in [-0.2, -0.15) is 0 Å². The first-order chi connectivity index (χ1) is 19.0. The molecule has 4 aromatic carbocycles. The Hall–Kier alpha value is -4.71. The van der Waals surface area contributed by atoms with Crippen molar-refractivity contribution in [2.75, 3.05) is 0 Å². The van der Waals surface area contributed by atoms with Crippen molar-refractivity contribution in [1.29, 1.82) is 0 Å². The molecule has 0 amide bonds. The van der Waals surface area contributed by atoms with Crippen LogP contribution in [0.2, 0.25) is 0 Å². The van der Waals surface area contributed by atoms with Crippen molar-refractivity contribution >= 4 is 28.0 Å². The Kier molecular flexibility index (Phi) is 6.23. The van der Waals surface area contributed by atoms with E-state index >= 15 is 0 Å². The second-order valence-corrected chi connectivity index (χ2v) is 10.0. The van der Waals surface area contributed by atoms with E-state index in [9.17, 15) is 9.90 Å². The van der Waals surface area contributed by atoms with E-state index in [-0.39, 0.29) is 0 Å². The van der Waals surface area contributed by atoms with Crippen molar-refractivity contribution < 1.29 is 9.90 Å². The summed E-state index contributed by atoms with van der Waals surface area (Å²) < 4.78 is 4.43. The van der Waals surface area contributed by atoms with Gasteiger partial charge in [-0.3, -0.25) is 0 Å². The standard InChI is InChI=1S/C33H30N4O2/c1-4-11-30-35-31-21(2)18-23(32-34-27-16-9-10-17-28(27)36(32)3)19-29(31)37(30)20-22-12-5-6-13-24(22)25-14-7-8-15-26(25)33(38)39/h5-10,12-19H,4,11,20H2,1-3H3,(H,38,39). The fourth-order valence-corrected chi connectivity index (χ4v) is 5.56. The van der Waals surface area contributed by atoms with Crippen LogP contribution in [0.1, 0.15) is 40.7 Å². The summed E-state index contributed by atoms with van der Waals surface area (Å²) in [4.78, 5) is 22.0. The summed E-state index contributed by atoms with van der Waals surface area (Å²) in [6, 6.07) is 27.8. The number of nitrogens with zero attached hydrogens (tertiary/aromatic N) is 4. The second-order valence-electron chi connectivity index (χ2n) is 10.0. The van der Waals surface area contributed by atoms with Crippen LogP contribution < -0.4 is 0 Å². The second kappa shape index (κ2) is 9.87. The minimum atomic E-state index is -0.928. The van der Waals surface area contributed by atoms with E-state index in [0.717, 1.165) is 74.4 Å².